The van der Waals surface area contributed by atoms with Crippen molar-refractivity contribution in [3.8, 4) is 5.75 Å². The number of hydrogen-bond acceptors (Lipinski definition) is 4. The summed E-state index contributed by atoms with van der Waals surface area (Å²) in [5, 5.41) is 7.72. The van der Waals surface area contributed by atoms with Crippen LogP contribution in [0.5, 0.6) is 5.75 Å². The highest BCUT2D eigenvalue weighted by atomic mass is 32.1. The summed E-state index contributed by atoms with van der Waals surface area (Å²) in [5.41, 5.74) is 2.28. The molecule has 0 atom stereocenters. The van der Waals surface area contributed by atoms with Crippen molar-refractivity contribution >= 4 is 17.3 Å². The van der Waals surface area contributed by atoms with Gasteiger partial charge in [-0.1, -0.05) is 18.2 Å². The molecule has 0 radical (unpaired) electrons. The summed E-state index contributed by atoms with van der Waals surface area (Å²) in [6.45, 7) is 11.1. The van der Waals surface area contributed by atoms with Crippen molar-refractivity contribution in [2.75, 3.05) is 26.2 Å². The Labute approximate surface area is 154 Å². The van der Waals surface area contributed by atoms with Gasteiger partial charge >= 0.3 is 0 Å². The van der Waals surface area contributed by atoms with Gasteiger partial charge < -0.3 is 15.4 Å². The van der Waals surface area contributed by atoms with Gasteiger partial charge in [0, 0.05) is 24.4 Å². The maximum Gasteiger partial charge on any atom is 0.191 e. The van der Waals surface area contributed by atoms with Crippen LogP contribution in [0.1, 0.15) is 28.1 Å². The molecule has 0 amide bonds. The maximum absolute atomic E-state index is 5.80. The summed E-state index contributed by atoms with van der Waals surface area (Å²) >= 11 is 1.76. The van der Waals surface area contributed by atoms with E-state index in [1.54, 1.807) is 11.3 Å². The third kappa shape index (κ3) is 6.38. The van der Waals surface area contributed by atoms with Crippen LogP contribution in [0.15, 0.2) is 29.3 Å². The Hall–Kier alpha value is -2.08. The third-order valence-corrected chi connectivity index (χ3v) is 4.89. The van der Waals surface area contributed by atoms with Gasteiger partial charge in [0.2, 0.25) is 0 Å². The van der Waals surface area contributed by atoms with Gasteiger partial charge in [-0.25, -0.2) is 4.98 Å². The number of nitrogens with zero attached hydrogens (tertiary/aromatic N) is 2. The van der Waals surface area contributed by atoms with Gasteiger partial charge in [-0.05, 0) is 39.3 Å². The van der Waals surface area contributed by atoms with Crippen molar-refractivity contribution in [2.24, 2.45) is 4.99 Å². The predicted octanol–water partition coefficient (Wildman–Crippen LogP) is 3.24. The highest BCUT2D eigenvalue weighted by molar-refractivity contribution is 7.11. The molecule has 136 valence electrons. The number of aryl methyl sites for hydroxylation is 3. The first kappa shape index (κ1) is 19.2. The van der Waals surface area contributed by atoms with Crippen LogP contribution >= 0.6 is 11.3 Å². The standard InChI is InChI=1S/C19H28N4OS/c1-5-20-19(21-11-10-18-23-15(3)16(4)25-18)22-12-13-24-17-9-7-6-8-14(17)2/h6-9H,5,10-13H2,1-4H3,(H2,20,21,22). The molecule has 1 aromatic carbocycles. The molecule has 0 unspecified atom stereocenters. The van der Waals surface area contributed by atoms with Crippen molar-refractivity contribution < 1.29 is 4.74 Å². The number of aliphatic imine (C=N–C) groups is 1. The summed E-state index contributed by atoms with van der Waals surface area (Å²) < 4.78 is 5.80. The molecule has 0 spiro atoms. The van der Waals surface area contributed by atoms with E-state index >= 15 is 0 Å². The van der Waals surface area contributed by atoms with E-state index in [-0.39, 0.29) is 0 Å². The van der Waals surface area contributed by atoms with Gasteiger partial charge in [0.25, 0.3) is 0 Å². The van der Waals surface area contributed by atoms with Crippen LogP contribution in [0, 0.1) is 20.8 Å². The largest absolute Gasteiger partial charge is 0.491 e. The summed E-state index contributed by atoms with van der Waals surface area (Å²) in [4.78, 5) is 10.5. The Bertz CT molecular complexity index is 677. The fourth-order valence-electron chi connectivity index (χ4n) is 2.30. The second kappa shape index (κ2) is 10.0. The number of para-hydroxylation sites is 1. The van der Waals surface area contributed by atoms with Crippen LogP contribution in [0.25, 0.3) is 0 Å². The van der Waals surface area contributed by atoms with E-state index in [1.807, 2.05) is 18.2 Å². The molecule has 0 fully saturated rings. The molecule has 0 aliphatic heterocycles. The lowest BCUT2D eigenvalue weighted by Crippen LogP contribution is -2.39. The molecule has 5 nitrogen and oxygen atoms in total. The molecule has 0 saturated carbocycles. The molecule has 2 aromatic rings. The van der Waals surface area contributed by atoms with Crippen molar-refractivity contribution in [1.29, 1.82) is 0 Å². The van der Waals surface area contributed by atoms with Gasteiger partial charge in [0.15, 0.2) is 5.96 Å². The Morgan fingerprint density at radius 3 is 2.68 bits per heavy atom. The molecule has 0 aliphatic carbocycles. The molecule has 0 saturated heterocycles. The van der Waals surface area contributed by atoms with E-state index in [0.29, 0.717) is 13.2 Å². The molecule has 1 heterocycles. The van der Waals surface area contributed by atoms with Crippen LogP contribution in [-0.2, 0) is 6.42 Å². The van der Waals surface area contributed by atoms with E-state index in [1.165, 1.54) is 4.88 Å². The lowest BCUT2D eigenvalue weighted by Gasteiger charge is -2.12. The molecule has 2 rings (SSSR count). The van der Waals surface area contributed by atoms with Crippen LogP contribution in [0.4, 0.5) is 0 Å². The van der Waals surface area contributed by atoms with Gasteiger partial charge in [-0.3, -0.25) is 4.99 Å². The zero-order valence-electron chi connectivity index (χ0n) is 15.6. The van der Waals surface area contributed by atoms with Gasteiger partial charge in [0.1, 0.15) is 12.4 Å². The lowest BCUT2D eigenvalue weighted by atomic mass is 10.2. The molecule has 0 aliphatic rings. The Morgan fingerprint density at radius 2 is 2.00 bits per heavy atom. The average Bonchev–Trinajstić information content (AvgIpc) is 2.91. The minimum absolute atomic E-state index is 0.597. The van der Waals surface area contributed by atoms with Crippen LogP contribution in [-0.4, -0.2) is 37.2 Å². The zero-order valence-corrected chi connectivity index (χ0v) is 16.4. The highest BCUT2D eigenvalue weighted by Crippen LogP contribution is 2.17. The number of guanidine groups is 1. The lowest BCUT2D eigenvalue weighted by molar-refractivity contribution is 0.320. The van der Waals surface area contributed by atoms with Gasteiger partial charge in [0.05, 0.1) is 17.2 Å². The first-order valence-corrected chi connectivity index (χ1v) is 9.55. The van der Waals surface area contributed by atoms with Crippen molar-refractivity contribution in [2.45, 2.75) is 34.1 Å². The second-order valence-corrected chi connectivity index (χ2v) is 7.09. The molecule has 1 aromatic heterocycles. The number of rotatable bonds is 8. The smallest absolute Gasteiger partial charge is 0.191 e. The van der Waals surface area contributed by atoms with E-state index in [0.717, 1.165) is 47.5 Å². The summed E-state index contributed by atoms with van der Waals surface area (Å²) in [7, 11) is 0. The highest BCUT2D eigenvalue weighted by Gasteiger charge is 2.04. The summed E-state index contributed by atoms with van der Waals surface area (Å²) in [6, 6.07) is 8.05. The molecular formula is C19H28N4OS. The number of aromatic nitrogens is 1. The fraction of sp³-hybridized carbons (Fsp3) is 0.474. The number of benzene rings is 1. The third-order valence-electron chi connectivity index (χ3n) is 3.76. The van der Waals surface area contributed by atoms with Crippen LogP contribution < -0.4 is 15.4 Å². The average molecular weight is 361 g/mol. The Kier molecular flexibility index (Phi) is 7.73. The van der Waals surface area contributed by atoms with Crippen LogP contribution in [0.2, 0.25) is 0 Å². The van der Waals surface area contributed by atoms with Crippen LogP contribution in [0.3, 0.4) is 0 Å². The normalized spacial score (nSPS) is 11.4. The molecular weight excluding hydrogens is 332 g/mol. The second-order valence-electron chi connectivity index (χ2n) is 5.80. The van der Waals surface area contributed by atoms with E-state index < -0.39 is 0 Å². The minimum Gasteiger partial charge on any atom is -0.491 e. The maximum atomic E-state index is 5.80. The van der Waals surface area contributed by atoms with E-state index in [4.69, 9.17) is 4.74 Å². The Balaban J connectivity index is 1.76. The van der Waals surface area contributed by atoms with Crippen molar-refractivity contribution in [3.05, 3.63) is 45.4 Å². The Morgan fingerprint density at radius 1 is 1.20 bits per heavy atom. The van der Waals surface area contributed by atoms with Crippen molar-refractivity contribution in [3.63, 3.8) is 0 Å². The SMILES string of the molecule is CCNC(=NCCc1nc(C)c(C)s1)NCCOc1ccccc1C. The number of ether oxygens (including phenoxy) is 1. The van der Waals surface area contributed by atoms with Crippen molar-refractivity contribution in [1.82, 2.24) is 15.6 Å². The topological polar surface area (TPSA) is 58.5 Å². The summed E-state index contributed by atoms with van der Waals surface area (Å²) in [6.07, 6.45) is 0.871. The quantitative estimate of drug-likeness (QED) is 0.431. The molecule has 0 bridgehead atoms. The van der Waals surface area contributed by atoms with Gasteiger partial charge in [-0.15, -0.1) is 11.3 Å². The minimum atomic E-state index is 0.597. The van der Waals surface area contributed by atoms with Gasteiger partial charge in [-0.2, -0.15) is 0 Å². The first-order valence-electron chi connectivity index (χ1n) is 8.73. The monoisotopic (exact) mass is 360 g/mol. The summed E-state index contributed by atoms with van der Waals surface area (Å²) in [5.74, 6) is 1.75. The zero-order chi connectivity index (χ0) is 18.1. The molecule has 25 heavy (non-hydrogen) atoms. The van der Waals surface area contributed by atoms with E-state index in [2.05, 4.69) is 54.4 Å². The number of hydrogen-bond donors (Lipinski definition) is 2. The number of thiazole rings is 1. The first-order chi connectivity index (χ1) is 12.1. The van der Waals surface area contributed by atoms with E-state index in [9.17, 15) is 0 Å². The predicted molar refractivity (Wildman–Crippen MR) is 106 cm³/mol. The molecule has 2 N–H and O–H groups in total. The molecule has 6 heteroatoms. The number of nitrogens with one attached hydrogen (secondary N) is 2. The fourth-order valence-corrected chi connectivity index (χ4v) is 3.22.